The van der Waals surface area contributed by atoms with Crippen LogP contribution in [0, 0.1) is 17.8 Å². The van der Waals surface area contributed by atoms with Gasteiger partial charge in [-0.15, -0.1) is 0 Å². The molecule has 0 aliphatic carbocycles. The molecule has 0 saturated carbocycles. The molecule has 0 aromatic heterocycles. The van der Waals surface area contributed by atoms with Crippen molar-refractivity contribution in [1.29, 1.82) is 0 Å². The largest absolute Gasteiger partial charge is 0.462 e. The summed E-state index contributed by atoms with van der Waals surface area (Å²) in [5, 5.41) is 0. The van der Waals surface area contributed by atoms with Gasteiger partial charge in [-0.05, 0) is 37.0 Å². The maximum atomic E-state index is 12.8. The third-order valence-electron chi connectivity index (χ3n) is 14.1. The first-order chi connectivity index (χ1) is 31.7. The summed E-state index contributed by atoms with van der Waals surface area (Å²) in [5.74, 6) is 1.73. The minimum Gasteiger partial charge on any atom is -0.462 e. The monoisotopic (exact) mass is 919 g/mol. The van der Waals surface area contributed by atoms with E-state index in [1.807, 2.05) is 0 Å². The predicted octanol–water partition coefficient (Wildman–Crippen LogP) is 19.1. The molecule has 0 heterocycles. The maximum absolute atomic E-state index is 12.8. The molecule has 386 valence electrons. The number of esters is 3. The van der Waals surface area contributed by atoms with E-state index in [-0.39, 0.29) is 31.1 Å². The van der Waals surface area contributed by atoms with Gasteiger partial charge in [0.15, 0.2) is 6.10 Å². The fourth-order valence-corrected chi connectivity index (χ4v) is 8.93. The van der Waals surface area contributed by atoms with Gasteiger partial charge < -0.3 is 14.2 Å². The Morgan fingerprint density at radius 3 is 0.800 bits per heavy atom. The first kappa shape index (κ1) is 63.4. The van der Waals surface area contributed by atoms with Crippen molar-refractivity contribution in [2.45, 2.75) is 330 Å². The van der Waals surface area contributed by atoms with E-state index in [9.17, 15) is 14.4 Å². The van der Waals surface area contributed by atoms with Gasteiger partial charge in [0.25, 0.3) is 0 Å². The van der Waals surface area contributed by atoms with Crippen LogP contribution in [0.3, 0.4) is 0 Å². The van der Waals surface area contributed by atoms with Crippen LogP contribution in [0.4, 0.5) is 0 Å². The van der Waals surface area contributed by atoms with Gasteiger partial charge in [0.2, 0.25) is 0 Å². The number of hydrogen-bond acceptors (Lipinski definition) is 6. The molecule has 3 atom stereocenters. The lowest BCUT2D eigenvalue weighted by molar-refractivity contribution is -0.167. The van der Waals surface area contributed by atoms with Gasteiger partial charge >= 0.3 is 17.9 Å². The second-order valence-electron chi connectivity index (χ2n) is 21.2. The maximum Gasteiger partial charge on any atom is 0.306 e. The summed E-state index contributed by atoms with van der Waals surface area (Å²) in [6.07, 6.45) is 52.4. The standard InChI is InChI=1S/C59H114O6/c1-7-54(5)46-40-34-28-21-17-15-13-11-9-10-12-14-16-18-23-30-36-42-48-57(60)63-51-56(65-59(62)50-44-38-32-26-25-27-33-39-45-53(3)4)52-64-58(61)49-43-37-31-24-20-19-22-29-35-41-47-55(6)8-2/h53-56H,7-52H2,1-6H3/t54?,55?,56-/m1/s1. The highest BCUT2D eigenvalue weighted by Crippen LogP contribution is 2.19. The molecule has 0 rings (SSSR count). The summed E-state index contributed by atoms with van der Waals surface area (Å²) in [5.41, 5.74) is 0. The Balaban J connectivity index is 4.21. The van der Waals surface area contributed by atoms with Crippen LogP contribution in [0.1, 0.15) is 324 Å². The zero-order valence-electron chi connectivity index (χ0n) is 44.8. The Morgan fingerprint density at radius 2 is 0.538 bits per heavy atom. The van der Waals surface area contributed by atoms with Crippen LogP contribution in [-0.2, 0) is 28.6 Å². The van der Waals surface area contributed by atoms with Crippen molar-refractivity contribution in [3.63, 3.8) is 0 Å². The average molecular weight is 920 g/mol. The molecule has 0 N–H and O–H groups in total. The van der Waals surface area contributed by atoms with E-state index in [2.05, 4.69) is 41.5 Å². The molecule has 0 radical (unpaired) electrons. The third kappa shape index (κ3) is 50.1. The van der Waals surface area contributed by atoms with E-state index in [1.54, 1.807) is 0 Å². The average Bonchev–Trinajstić information content (AvgIpc) is 3.29. The molecule has 0 aromatic rings. The Bertz CT molecular complexity index is 1010. The summed E-state index contributed by atoms with van der Waals surface area (Å²) >= 11 is 0. The van der Waals surface area contributed by atoms with Crippen molar-refractivity contribution >= 4 is 17.9 Å². The Labute approximate surface area is 406 Å². The molecule has 0 bridgehead atoms. The number of carbonyl (C=O) groups is 3. The molecule has 6 heteroatoms. The topological polar surface area (TPSA) is 78.9 Å². The van der Waals surface area contributed by atoms with Gasteiger partial charge in [0, 0.05) is 19.3 Å². The van der Waals surface area contributed by atoms with Crippen molar-refractivity contribution in [1.82, 2.24) is 0 Å². The first-order valence-corrected chi connectivity index (χ1v) is 29.2. The van der Waals surface area contributed by atoms with Crippen LogP contribution in [0.5, 0.6) is 0 Å². The minimum absolute atomic E-state index is 0.0642. The van der Waals surface area contributed by atoms with Crippen molar-refractivity contribution in [2.24, 2.45) is 17.8 Å². The SMILES string of the molecule is CCC(C)CCCCCCCCCCCCCCCCCCCCC(=O)OC[C@H](COC(=O)CCCCCCCCCCCCC(C)CC)OC(=O)CCCCCCCCCCC(C)C. The van der Waals surface area contributed by atoms with Crippen molar-refractivity contribution in [3.05, 3.63) is 0 Å². The third-order valence-corrected chi connectivity index (χ3v) is 14.1. The van der Waals surface area contributed by atoms with Crippen LogP contribution in [0.2, 0.25) is 0 Å². The van der Waals surface area contributed by atoms with E-state index >= 15 is 0 Å². The van der Waals surface area contributed by atoms with Crippen molar-refractivity contribution < 1.29 is 28.6 Å². The van der Waals surface area contributed by atoms with Crippen LogP contribution in [0.15, 0.2) is 0 Å². The van der Waals surface area contributed by atoms with Gasteiger partial charge in [-0.25, -0.2) is 0 Å². The predicted molar refractivity (Wildman–Crippen MR) is 279 cm³/mol. The van der Waals surface area contributed by atoms with E-state index < -0.39 is 6.10 Å². The molecular weight excluding hydrogens is 805 g/mol. The molecule has 0 fully saturated rings. The lowest BCUT2D eigenvalue weighted by Gasteiger charge is -2.18. The summed E-state index contributed by atoms with van der Waals surface area (Å²) in [7, 11) is 0. The molecule has 65 heavy (non-hydrogen) atoms. The molecule has 0 saturated heterocycles. The number of unbranched alkanes of at least 4 members (excludes halogenated alkanes) is 33. The summed E-state index contributed by atoms with van der Waals surface area (Å²) < 4.78 is 16.9. The minimum atomic E-state index is -0.764. The number of ether oxygens (including phenoxy) is 3. The van der Waals surface area contributed by atoms with Crippen LogP contribution < -0.4 is 0 Å². The van der Waals surface area contributed by atoms with Gasteiger partial charge in [-0.2, -0.15) is 0 Å². The van der Waals surface area contributed by atoms with Gasteiger partial charge in [-0.1, -0.05) is 286 Å². The highest BCUT2D eigenvalue weighted by atomic mass is 16.6. The van der Waals surface area contributed by atoms with Gasteiger partial charge in [0.1, 0.15) is 13.2 Å². The Hall–Kier alpha value is -1.59. The zero-order chi connectivity index (χ0) is 47.7. The van der Waals surface area contributed by atoms with Gasteiger partial charge in [-0.3, -0.25) is 14.4 Å². The van der Waals surface area contributed by atoms with E-state index in [4.69, 9.17) is 14.2 Å². The summed E-state index contributed by atoms with van der Waals surface area (Å²) in [6, 6.07) is 0. The van der Waals surface area contributed by atoms with E-state index in [0.717, 1.165) is 75.5 Å². The van der Waals surface area contributed by atoms with Crippen molar-refractivity contribution in [3.8, 4) is 0 Å². The van der Waals surface area contributed by atoms with Crippen LogP contribution in [0.25, 0.3) is 0 Å². The summed E-state index contributed by atoms with van der Waals surface area (Å²) in [6.45, 7) is 13.8. The van der Waals surface area contributed by atoms with E-state index in [1.165, 1.54) is 205 Å². The fourth-order valence-electron chi connectivity index (χ4n) is 8.93. The molecule has 0 aliphatic heterocycles. The molecule has 0 spiro atoms. The highest BCUT2D eigenvalue weighted by Gasteiger charge is 2.19. The van der Waals surface area contributed by atoms with Crippen molar-refractivity contribution in [2.75, 3.05) is 13.2 Å². The highest BCUT2D eigenvalue weighted by molar-refractivity contribution is 5.71. The Kier molecular flexibility index (Phi) is 49.1. The second-order valence-corrected chi connectivity index (χ2v) is 21.2. The smallest absolute Gasteiger partial charge is 0.306 e. The quantitative estimate of drug-likeness (QED) is 0.0344. The summed E-state index contributed by atoms with van der Waals surface area (Å²) in [4.78, 5) is 38.1. The van der Waals surface area contributed by atoms with E-state index in [0.29, 0.717) is 19.3 Å². The van der Waals surface area contributed by atoms with Crippen LogP contribution in [-0.4, -0.2) is 37.2 Å². The molecular formula is C59H114O6. The molecule has 0 amide bonds. The normalized spacial score (nSPS) is 13.0. The second kappa shape index (κ2) is 50.3. The molecule has 0 aliphatic rings. The Morgan fingerprint density at radius 1 is 0.308 bits per heavy atom. The zero-order valence-corrected chi connectivity index (χ0v) is 44.8. The van der Waals surface area contributed by atoms with Gasteiger partial charge in [0.05, 0.1) is 0 Å². The first-order valence-electron chi connectivity index (χ1n) is 29.2. The molecule has 6 nitrogen and oxygen atoms in total. The lowest BCUT2D eigenvalue weighted by atomic mass is 9.99. The number of hydrogen-bond donors (Lipinski definition) is 0. The number of carbonyl (C=O) groups excluding carboxylic acids is 3. The molecule has 2 unspecified atom stereocenters. The lowest BCUT2D eigenvalue weighted by Crippen LogP contribution is -2.30. The molecule has 0 aromatic carbocycles. The fraction of sp³-hybridized carbons (Fsp3) is 0.949. The van der Waals surface area contributed by atoms with Crippen LogP contribution >= 0.6 is 0 Å². The number of rotatable bonds is 52.